The summed E-state index contributed by atoms with van der Waals surface area (Å²) in [5, 5.41) is 0. The van der Waals surface area contributed by atoms with E-state index >= 15 is 0 Å². The number of benzene rings is 1. The number of nitrogens with two attached hydrogens (primary N) is 1. The second kappa shape index (κ2) is 5.93. The van der Waals surface area contributed by atoms with E-state index in [1.807, 2.05) is 0 Å². The van der Waals surface area contributed by atoms with Crippen LogP contribution in [-0.2, 0) is 6.54 Å². The number of likely N-dealkylation sites (tertiary alicyclic amines) is 1. The first kappa shape index (κ1) is 14.8. The highest BCUT2D eigenvalue weighted by Gasteiger charge is 2.36. The van der Waals surface area contributed by atoms with Gasteiger partial charge in [-0.15, -0.1) is 0 Å². The molecule has 2 atom stereocenters. The number of nitrogens with zero attached hydrogens (tertiary/aromatic N) is 1. The van der Waals surface area contributed by atoms with Crippen molar-refractivity contribution in [3.8, 4) is 0 Å². The first-order valence-corrected chi connectivity index (χ1v) is 7.44. The molecule has 1 aromatic heterocycles. The van der Waals surface area contributed by atoms with Crippen LogP contribution in [0.4, 0.5) is 4.39 Å². The van der Waals surface area contributed by atoms with Crippen molar-refractivity contribution in [1.82, 2.24) is 4.90 Å². The predicted octanol–water partition coefficient (Wildman–Crippen LogP) is 3.10. The molecule has 1 aromatic carbocycles. The molecule has 116 valence electrons. The zero-order valence-electron chi connectivity index (χ0n) is 12.5. The second-order valence-electron chi connectivity index (χ2n) is 5.81. The lowest BCUT2D eigenvalue weighted by molar-refractivity contribution is 0.0696. The van der Waals surface area contributed by atoms with Crippen LogP contribution in [-0.4, -0.2) is 17.4 Å². The third kappa shape index (κ3) is 2.64. The molecule has 0 saturated carbocycles. The zero-order valence-corrected chi connectivity index (χ0v) is 12.5. The van der Waals surface area contributed by atoms with Crippen LogP contribution in [0.15, 0.2) is 40.8 Å². The van der Waals surface area contributed by atoms with Crippen molar-refractivity contribution in [3.63, 3.8) is 0 Å². The molecule has 3 rings (SSSR count). The number of carbonyl (C=O) groups excluding carboxylic acids is 1. The maximum Gasteiger partial charge on any atom is 0.290 e. The van der Waals surface area contributed by atoms with Gasteiger partial charge in [-0.25, -0.2) is 4.39 Å². The molecule has 2 unspecified atom stereocenters. The van der Waals surface area contributed by atoms with E-state index in [0.29, 0.717) is 23.8 Å². The molecule has 1 amide bonds. The van der Waals surface area contributed by atoms with Gasteiger partial charge in [0, 0.05) is 12.1 Å². The molecule has 0 aliphatic carbocycles. The predicted molar refractivity (Wildman–Crippen MR) is 80.6 cm³/mol. The molecule has 0 bridgehead atoms. The van der Waals surface area contributed by atoms with E-state index in [1.165, 1.54) is 6.07 Å². The summed E-state index contributed by atoms with van der Waals surface area (Å²) in [6.07, 6.45) is 0.747. The number of carbonyl (C=O) groups is 1. The first-order chi connectivity index (χ1) is 10.6. The molecule has 2 heterocycles. The van der Waals surface area contributed by atoms with E-state index in [2.05, 4.69) is 6.92 Å². The summed E-state index contributed by atoms with van der Waals surface area (Å²) in [4.78, 5) is 14.4. The largest absolute Gasteiger partial charge is 0.455 e. The molecule has 22 heavy (non-hydrogen) atoms. The molecule has 2 aromatic rings. The Morgan fingerprint density at radius 2 is 2.14 bits per heavy atom. The minimum atomic E-state index is -0.276. The normalized spacial score (nSPS) is 21.3. The van der Waals surface area contributed by atoms with Gasteiger partial charge in [0.05, 0.1) is 12.6 Å². The highest BCUT2D eigenvalue weighted by atomic mass is 19.1. The topological polar surface area (TPSA) is 59.5 Å². The molecule has 0 radical (unpaired) electrons. The number of rotatable bonds is 3. The Balaban J connectivity index is 1.90. The van der Waals surface area contributed by atoms with Gasteiger partial charge in [0.15, 0.2) is 5.76 Å². The fourth-order valence-corrected chi connectivity index (χ4v) is 3.05. The fourth-order valence-electron chi connectivity index (χ4n) is 3.05. The Morgan fingerprint density at radius 1 is 1.36 bits per heavy atom. The van der Waals surface area contributed by atoms with Gasteiger partial charge in [0.2, 0.25) is 0 Å². The van der Waals surface area contributed by atoms with E-state index in [-0.39, 0.29) is 30.1 Å². The molecule has 1 aliphatic heterocycles. The monoisotopic (exact) mass is 302 g/mol. The molecule has 1 aliphatic rings. The molecule has 0 spiro atoms. The van der Waals surface area contributed by atoms with E-state index in [0.717, 1.165) is 6.42 Å². The standard InChI is InChI=1S/C17H19FN2O2/c1-11-8-15(13-4-2-3-5-14(13)18)20(10-11)17(21)16-7-6-12(9-19)22-16/h2-7,11,15H,8-10,19H2,1H3. The lowest BCUT2D eigenvalue weighted by Crippen LogP contribution is -2.31. The number of hydrogen-bond acceptors (Lipinski definition) is 3. The average Bonchev–Trinajstić information content (AvgIpc) is 3.13. The van der Waals surface area contributed by atoms with Crippen LogP contribution in [0.25, 0.3) is 0 Å². The van der Waals surface area contributed by atoms with Crippen molar-refractivity contribution < 1.29 is 13.6 Å². The van der Waals surface area contributed by atoms with Crippen LogP contribution in [0.5, 0.6) is 0 Å². The summed E-state index contributed by atoms with van der Waals surface area (Å²) in [5.74, 6) is 0.658. The van der Waals surface area contributed by atoms with Gasteiger partial charge in [-0.05, 0) is 30.5 Å². The van der Waals surface area contributed by atoms with Crippen molar-refractivity contribution in [2.75, 3.05) is 6.54 Å². The molecule has 1 fully saturated rings. The Labute approximate surface area is 128 Å². The summed E-state index contributed by atoms with van der Waals surface area (Å²) < 4.78 is 19.5. The Hall–Kier alpha value is -2.14. The molecule has 5 heteroatoms. The van der Waals surface area contributed by atoms with Gasteiger partial charge < -0.3 is 15.1 Å². The molecule has 2 N–H and O–H groups in total. The van der Waals surface area contributed by atoms with Crippen molar-refractivity contribution in [1.29, 1.82) is 0 Å². The maximum absolute atomic E-state index is 14.1. The number of halogens is 1. The van der Waals surface area contributed by atoms with E-state index in [9.17, 15) is 9.18 Å². The smallest absolute Gasteiger partial charge is 0.290 e. The minimum Gasteiger partial charge on any atom is -0.455 e. The molecular weight excluding hydrogens is 283 g/mol. The number of hydrogen-bond donors (Lipinski definition) is 1. The summed E-state index contributed by atoms with van der Waals surface area (Å²) in [6.45, 7) is 2.91. The van der Waals surface area contributed by atoms with Gasteiger partial charge in [-0.2, -0.15) is 0 Å². The van der Waals surface area contributed by atoms with Crippen molar-refractivity contribution in [2.45, 2.75) is 25.9 Å². The third-order valence-corrected chi connectivity index (χ3v) is 4.11. The minimum absolute atomic E-state index is 0.211. The van der Waals surface area contributed by atoms with Gasteiger partial charge in [0.25, 0.3) is 5.91 Å². The van der Waals surface area contributed by atoms with Gasteiger partial charge in [-0.3, -0.25) is 4.79 Å². The summed E-state index contributed by atoms with van der Waals surface area (Å²) in [5.41, 5.74) is 6.07. The highest BCUT2D eigenvalue weighted by molar-refractivity contribution is 5.92. The van der Waals surface area contributed by atoms with Crippen molar-refractivity contribution in [2.24, 2.45) is 11.7 Å². The van der Waals surface area contributed by atoms with Crippen LogP contribution in [0.2, 0.25) is 0 Å². The SMILES string of the molecule is CC1CC(c2ccccc2F)N(C(=O)c2ccc(CN)o2)C1. The summed E-state index contributed by atoms with van der Waals surface area (Å²) in [7, 11) is 0. The molecule has 4 nitrogen and oxygen atoms in total. The van der Waals surface area contributed by atoms with Gasteiger partial charge >= 0.3 is 0 Å². The van der Waals surface area contributed by atoms with Crippen LogP contribution in [0.1, 0.15) is 41.3 Å². The molecular formula is C17H19FN2O2. The summed E-state index contributed by atoms with van der Waals surface area (Å²) >= 11 is 0. The van der Waals surface area contributed by atoms with Crippen LogP contribution in [0.3, 0.4) is 0 Å². The van der Waals surface area contributed by atoms with Crippen molar-refractivity contribution >= 4 is 5.91 Å². The number of furan rings is 1. The second-order valence-corrected chi connectivity index (χ2v) is 5.81. The third-order valence-electron chi connectivity index (χ3n) is 4.11. The first-order valence-electron chi connectivity index (χ1n) is 7.44. The maximum atomic E-state index is 14.1. The Kier molecular flexibility index (Phi) is 3.98. The van der Waals surface area contributed by atoms with Gasteiger partial charge in [-0.1, -0.05) is 25.1 Å². The van der Waals surface area contributed by atoms with E-state index in [1.54, 1.807) is 35.2 Å². The fraction of sp³-hybridized carbons (Fsp3) is 0.353. The summed E-state index contributed by atoms with van der Waals surface area (Å²) in [6, 6.07) is 9.70. The van der Waals surface area contributed by atoms with Gasteiger partial charge in [0.1, 0.15) is 11.6 Å². The Bertz CT molecular complexity index is 683. The van der Waals surface area contributed by atoms with Crippen molar-refractivity contribution in [3.05, 3.63) is 59.3 Å². The van der Waals surface area contributed by atoms with E-state index < -0.39 is 0 Å². The lowest BCUT2D eigenvalue weighted by atomic mass is 10.0. The molecule has 1 saturated heterocycles. The van der Waals surface area contributed by atoms with E-state index in [4.69, 9.17) is 10.2 Å². The highest BCUT2D eigenvalue weighted by Crippen LogP contribution is 2.37. The zero-order chi connectivity index (χ0) is 15.7. The quantitative estimate of drug-likeness (QED) is 0.947. The van der Waals surface area contributed by atoms with Crippen LogP contribution >= 0.6 is 0 Å². The lowest BCUT2D eigenvalue weighted by Gasteiger charge is -2.24. The average molecular weight is 302 g/mol. The number of amides is 1. The Morgan fingerprint density at radius 3 is 2.82 bits per heavy atom. The van der Waals surface area contributed by atoms with Crippen LogP contribution < -0.4 is 5.73 Å². The van der Waals surface area contributed by atoms with Crippen LogP contribution in [0, 0.1) is 11.7 Å².